The molecule has 2 aromatic rings. The monoisotopic (exact) mass is 267 g/mol. The lowest BCUT2D eigenvalue weighted by Crippen LogP contribution is -1.99. The number of halogens is 2. The van der Waals surface area contributed by atoms with Crippen LogP contribution in [0.5, 0.6) is 11.6 Å². The fraction of sp³-hybridized carbons (Fsp3) is 0.167. The van der Waals surface area contributed by atoms with Crippen molar-refractivity contribution in [2.75, 3.05) is 12.4 Å². The first kappa shape index (κ1) is 12.6. The van der Waals surface area contributed by atoms with Gasteiger partial charge in [0.2, 0.25) is 11.8 Å². The molecule has 1 N–H and O–H groups in total. The van der Waals surface area contributed by atoms with E-state index in [-0.39, 0.29) is 5.02 Å². The minimum Gasteiger partial charge on any atom is -0.438 e. The van der Waals surface area contributed by atoms with Crippen LogP contribution in [-0.2, 0) is 0 Å². The Morgan fingerprint density at radius 2 is 2.17 bits per heavy atom. The Labute approximate surface area is 109 Å². The molecule has 0 bridgehead atoms. The zero-order valence-corrected chi connectivity index (χ0v) is 10.6. The summed E-state index contributed by atoms with van der Waals surface area (Å²) in [5, 5.41) is 2.86. The summed E-state index contributed by atoms with van der Waals surface area (Å²) < 4.78 is 18.8. The zero-order valence-electron chi connectivity index (χ0n) is 9.87. The topological polar surface area (TPSA) is 47.0 Å². The number of rotatable bonds is 3. The molecule has 0 fully saturated rings. The van der Waals surface area contributed by atoms with Crippen molar-refractivity contribution in [1.82, 2.24) is 9.97 Å². The Kier molecular flexibility index (Phi) is 3.62. The predicted molar refractivity (Wildman–Crippen MR) is 67.8 cm³/mol. The van der Waals surface area contributed by atoms with Gasteiger partial charge < -0.3 is 10.1 Å². The fourth-order valence-electron chi connectivity index (χ4n) is 1.30. The second-order valence-corrected chi connectivity index (χ2v) is 4.02. The maximum absolute atomic E-state index is 13.3. The van der Waals surface area contributed by atoms with Crippen LogP contribution in [-0.4, -0.2) is 17.0 Å². The molecule has 0 saturated heterocycles. The molecule has 6 heteroatoms. The summed E-state index contributed by atoms with van der Waals surface area (Å²) in [5.41, 5.74) is 0.754. The highest BCUT2D eigenvalue weighted by Gasteiger charge is 2.07. The Bertz CT molecular complexity index is 577. The second kappa shape index (κ2) is 5.18. The molecule has 94 valence electrons. The van der Waals surface area contributed by atoms with Gasteiger partial charge in [-0.1, -0.05) is 11.6 Å². The third-order valence-corrected chi connectivity index (χ3v) is 2.56. The Morgan fingerprint density at radius 1 is 1.39 bits per heavy atom. The van der Waals surface area contributed by atoms with Gasteiger partial charge in [0, 0.05) is 24.9 Å². The minimum absolute atomic E-state index is 0.0534. The van der Waals surface area contributed by atoms with E-state index >= 15 is 0 Å². The van der Waals surface area contributed by atoms with Crippen molar-refractivity contribution in [2.45, 2.75) is 6.92 Å². The molecule has 1 heterocycles. The maximum Gasteiger partial charge on any atom is 0.226 e. The molecule has 0 saturated carbocycles. The van der Waals surface area contributed by atoms with Crippen molar-refractivity contribution >= 4 is 17.5 Å². The molecule has 0 radical (unpaired) electrons. The van der Waals surface area contributed by atoms with Gasteiger partial charge in [-0.2, -0.15) is 4.98 Å². The Morgan fingerprint density at radius 3 is 2.83 bits per heavy atom. The van der Waals surface area contributed by atoms with Gasteiger partial charge in [0.1, 0.15) is 11.6 Å². The largest absolute Gasteiger partial charge is 0.438 e. The summed E-state index contributed by atoms with van der Waals surface area (Å²) in [6.07, 6.45) is 1.63. The minimum atomic E-state index is -0.533. The molecule has 0 amide bonds. The van der Waals surface area contributed by atoms with E-state index in [1.807, 2.05) is 0 Å². The van der Waals surface area contributed by atoms with Crippen LogP contribution < -0.4 is 10.1 Å². The van der Waals surface area contributed by atoms with E-state index in [0.29, 0.717) is 17.6 Å². The predicted octanol–water partition coefficient (Wildman–Crippen LogP) is 3.41. The van der Waals surface area contributed by atoms with E-state index in [0.717, 1.165) is 5.56 Å². The third kappa shape index (κ3) is 2.68. The maximum atomic E-state index is 13.3. The standard InChI is InChI=1S/C12H11ClFN3O/c1-7-6-16-12(15-2)17-11(7)18-8-3-4-9(13)10(14)5-8/h3-6H,1-2H3,(H,15,16,17). The molecule has 0 spiro atoms. The average molecular weight is 268 g/mol. The van der Waals surface area contributed by atoms with Crippen LogP contribution in [0.4, 0.5) is 10.3 Å². The quantitative estimate of drug-likeness (QED) is 0.926. The Hall–Kier alpha value is -1.88. The number of nitrogens with one attached hydrogen (secondary N) is 1. The number of nitrogens with zero attached hydrogens (tertiary/aromatic N) is 2. The second-order valence-electron chi connectivity index (χ2n) is 3.61. The lowest BCUT2D eigenvalue weighted by Gasteiger charge is -2.08. The molecular formula is C12H11ClFN3O. The van der Waals surface area contributed by atoms with Crippen LogP contribution in [0.2, 0.25) is 5.02 Å². The van der Waals surface area contributed by atoms with Crippen LogP contribution >= 0.6 is 11.6 Å². The number of ether oxygens (including phenoxy) is 1. The van der Waals surface area contributed by atoms with Gasteiger partial charge in [-0.3, -0.25) is 0 Å². The highest BCUT2D eigenvalue weighted by atomic mass is 35.5. The van der Waals surface area contributed by atoms with Crippen LogP contribution in [0.1, 0.15) is 5.56 Å². The van der Waals surface area contributed by atoms with E-state index in [2.05, 4.69) is 15.3 Å². The van der Waals surface area contributed by atoms with E-state index < -0.39 is 5.82 Å². The highest BCUT2D eigenvalue weighted by molar-refractivity contribution is 6.30. The number of aromatic nitrogens is 2. The van der Waals surface area contributed by atoms with Gasteiger partial charge in [-0.25, -0.2) is 9.37 Å². The van der Waals surface area contributed by atoms with Crippen LogP contribution in [0, 0.1) is 12.7 Å². The summed E-state index contributed by atoms with van der Waals surface area (Å²) in [4.78, 5) is 8.17. The molecule has 18 heavy (non-hydrogen) atoms. The molecule has 2 rings (SSSR count). The van der Waals surface area contributed by atoms with E-state index in [1.165, 1.54) is 12.1 Å². The van der Waals surface area contributed by atoms with Crippen molar-refractivity contribution in [3.63, 3.8) is 0 Å². The molecule has 0 aliphatic carbocycles. The van der Waals surface area contributed by atoms with Gasteiger partial charge in [-0.15, -0.1) is 0 Å². The average Bonchev–Trinajstić information content (AvgIpc) is 2.36. The van der Waals surface area contributed by atoms with E-state index in [4.69, 9.17) is 16.3 Å². The van der Waals surface area contributed by atoms with Crippen molar-refractivity contribution in [2.24, 2.45) is 0 Å². The number of hydrogen-bond donors (Lipinski definition) is 1. The molecule has 0 atom stereocenters. The van der Waals surface area contributed by atoms with Crippen molar-refractivity contribution in [3.05, 3.63) is 40.8 Å². The molecule has 0 aliphatic rings. The van der Waals surface area contributed by atoms with Crippen LogP contribution in [0.15, 0.2) is 24.4 Å². The fourth-order valence-corrected chi connectivity index (χ4v) is 1.42. The van der Waals surface area contributed by atoms with E-state index in [1.54, 1.807) is 26.2 Å². The molecule has 0 aliphatic heterocycles. The van der Waals surface area contributed by atoms with Crippen molar-refractivity contribution in [1.29, 1.82) is 0 Å². The first-order valence-electron chi connectivity index (χ1n) is 5.24. The number of hydrogen-bond acceptors (Lipinski definition) is 4. The smallest absolute Gasteiger partial charge is 0.226 e. The number of anilines is 1. The summed E-state index contributed by atoms with van der Waals surface area (Å²) in [6, 6.07) is 4.22. The molecule has 1 aromatic carbocycles. The first-order valence-corrected chi connectivity index (χ1v) is 5.62. The number of aryl methyl sites for hydroxylation is 1. The van der Waals surface area contributed by atoms with Crippen molar-refractivity contribution in [3.8, 4) is 11.6 Å². The third-order valence-electron chi connectivity index (χ3n) is 2.25. The molecular weight excluding hydrogens is 257 g/mol. The summed E-state index contributed by atoms with van der Waals surface area (Å²) in [7, 11) is 1.70. The first-order chi connectivity index (χ1) is 8.60. The number of benzene rings is 1. The van der Waals surface area contributed by atoms with Gasteiger partial charge in [0.15, 0.2) is 0 Å². The molecule has 0 unspecified atom stereocenters. The van der Waals surface area contributed by atoms with Gasteiger partial charge in [-0.05, 0) is 19.1 Å². The van der Waals surface area contributed by atoms with Gasteiger partial charge in [0.05, 0.1) is 5.02 Å². The summed E-state index contributed by atoms with van der Waals surface area (Å²) in [5.74, 6) is 0.608. The van der Waals surface area contributed by atoms with Crippen LogP contribution in [0.3, 0.4) is 0 Å². The highest BCUT2D eigenvalue weighted by Crippen LogP contribution is 2.26. The summed E-state index contributed by atoms with van der Waals surface area (Å²) >= 11 is 5.60. The van der Waals surface area contributed by atoms with Gasteiger partial charge >= 0.3 is 0 Å². The van der Waals surface area contributed by atoms with Crippen LogP contribution in [0.25, 0.3) is 0 Å². The van der Waals surface area contributed by atoms with Crippen molar-refractivity contribution < 1.29 is 9.13 Å². The van der Waals surface area contributed by atoms with Gasteiger partial charge in [0.25, 0.3) is 0 Å². The normalized spacial score (nSPS) is 10.2. The Balaban J connectivity index is 2.30. The lowest BCUT2D eigenvalue weighted by molar-refractivity contribution is 0.453. The molecule has 4 nitrogen and oxygen atoms in total. The van der Waals surface area contributed by atoms with E-state index in [9.17, 15) is 4.39 Å². The summed E-state index contributed by atoms with van der Waals surface area (Å²) in [6.45, 7) is 1.81. The zero-order chi connectivity index (χ0) is 13.1. The molecule has 1 aromatic heterocycles. The SMILES string of the molecule is CNc1ncc(C)c(Oc2ccc(Cl)c(F)c2)n1. The lowest BCUT2D eigenvalue weighted by atomic mass is 10.3.